The zero-order valence-corrected chi connectivity index (χ0v) is 11.3. The predicted molar refractivity (Wildman–Crippen MR) is 72.7 cm³/mol. The minimum atomic E-state index is -1.04. The maximum atomic E-state index is 11.6. The molecule has 0 saturated heterocycles. The smallest absolute Gasteiger partial charge is 0.330 e. The molecule has 0 radical (unpaired) electrons. The summed E-state index contributed by atoms with van der Waals surface area (Å²) in [5.41, 5.74) is 1.57. The van der Waals surface area contributed by atoms with Crippen molar-refractivity contribution in [1.82, 2.24) is 5.32 Å². The topological polar surface area (TPSA) is 66.4 Å². The van der Waals surface area contributed by atoms with Crippen LogP contribution < -0.4 is 5.32 Å². The third-order valence-corrected chi connectivity index (χ3v) is 3.07. The van der Waals surface area contributed by atoms with Gasteiger partial charge in [0.05, 0.1) is 0 Å². The van der Waals surface area contributed by atoms with Crippen LogP contribution in [0.2, 0.25) is 0 Å². The first kappa shape index (κ1) is 14.6. The number of benzene rings is 1. The van der Waals surface area contributed by atoms with Gasteiger partial charge in [0.25, 0.3) is 0 Å². The van der Waals surface area contributed by atoms with Crippen molar-refractivity contribution in [1.29, 1.82) is 0 Å². The molecule has 0 spiro atoms. The number of aryl methyl sites for hydroxylation is 1. The van der Waals surface area contributed by atoms with Crippen molar-refractivity contribution in [3.05, 3.63) is 35.4 Å². The van der Waals surface area contributed by atoms with E-state index in [1.54, 1.807) is 30.0 Å². The van der Waals surface area contributed by atoms with Gasteiger partial charge in [-0.2, -0.15) is 11.8 Å². The highest BCUT2D eigenvalue weighted by Crippen LogP contribution is 2.15. The highest BCUT2D eigenvalue weighted by Gasteiger charge is 2.21. The molecule has 1 aromatic carbocycles. The lowest BCUT2D eigenvalue weighted by Gasteiger charge is -2.15. The predicted octanol–water partition coefficient (Wildman–Crippen LogP) is 1.99. The third-order valence-electron chi connectivity index (χ3n) is 2.46. The fraction of sp³-hybridized carbons (Fsp3) is 0.385. The van der Waals surface area contributed by atoms with Crippen LogP contribution in [-0.4, -0.2) is 29.0 Å². The zero-order chi connectivity index (χ0) is 13.5. The molecule has 1 rings (SSSR count). The van der Waals surface area contributed by atoms with Gasteiger partial charge in [-0.15, -0.1) is 0 Å². The SMILES string of the molecule is CSCCC(=O)NC(C(=O)O)c1cccc(C)c1. The molecule has 0 aliphatic rings. The molecule has 98 valence electrons. The molecule has 0 bridgehead atoms. The lowest BCUT2D eigenvalue weighted by atomic mass is 10.0. The quantitative estimate of drug-likeness (QED) is 0.827. The van der Waals surface area contributed by atoms with Gasteiger partial charge >= 0.3 is 5.97 Å². The molecule has 5 heteroatoms. The zero-order valence-electron chi connectivity index (χ0n) is 10.5. The minimum absolute atomic E-state index is 0.238. The Kier molecular flexibility index (Phi) is 5.71. The molecule has 0 heterocycles. The lowest BCUT2D eigenvalue weighted by molar-refractivity contribution is -0.142. The Morgan fingerprint density at radius 2 is 2.17 bits per heavy atom. The standard InChI is InChI=1S/C13H17NO3S/c1-9-4-3-5-10(8-9)12(13(16)17)14-11(15)6-7-18-2/h3-5,8,12H,6-7H2,1-2H3,(H,14,15)(H,16,17). The Hall–Kier alpha value is -1.49. The van der Waals surface area contributed by atoms with Gasteiger partial charge in [0, 0.05) is 12.2 Å². The summed E-state index contributed by atoms with van der Waals surface area (Å²) >= 11 is 1.56. The van der Waals surface area contributed by atoms with Crippen molar-refractivity contribution in [2.24, 2.45) is 0 Å². The molecule has 1 amide bonds. The summed E-state index contributed by atoms with van der Waals surface area (Å²) in [4.78, 5) is 22.8. The van der Waals surface area contributed by atoms with E-state index in [-0.39, 0.29) is 5.91 Å². The van der Waals surface area contributed by atoms with Gasteiger partial charge in [0.15, 0.2) is 6.04 Å². The molecule has 0 aliphatic carbocycles. The maximum Gasteiger partial charge on any atom is 0.330 e. The third kappa shape index (κ3) is 4.41. The van der Waals surface area contributed by atoms with Crippen LogP contribution in [0.3, 0.4) is 0 Å². The molecule has 2 N–H and O–H groups in total. The van der Waals surface area contributed by atoms with Crippen molar-refractivity contribution in [3.8, 4) is 0 Å². The second-order valence-corrected chi connectivity index (χ2v) is 4.98. The van der Waals surface area contributed by atoms with E-state index in [0.717, 1.165) is 5.56 Å². The molecule has 0 saturated carbocycles. The summed E-state index contributed by atoms with van der Waals surface area (Å²) in [6.07, 6.45) is 2.24. The summed E-state index contributed by atoms with van der Waals surface area (Å²) in [6.45, 7) is 1.89. The average molecular weight is 267 g/mol. The molecule has 4 nitrogen and oxygen atoms in total. The highest BCUT2D eigenvalue weighted by atomic mass is 32.2. The molecule has 0 aromatic heterocycles. The van der Waals surface area contributed by atoms with Gasteiger partial charge in [-0.25, -0.2) is 4.79 Å². The van der Waals surface area contributed by atoms with E-state index in [1.807, 2.05) is 19.2 Å². The summed E-state index contributed by atoms with van der Waals surface area (Å²) in [5, 5.41) is 11.7. The maximum absolute atomic E-state index is 11.6. The van der Waals surface area contributed by atoms with Crippen molar-refractivity contribution >= 4 is 23.6 Å². The van der Waals surface area contributed by atoms with Gasteiger partial charge in [-0.05, 0) is 18.7 Å². The first-order valence-electron chi connectivity index (χ1n) is 5.62. The Bertz CT molecular complexity index is 434. The minimum Gasteiger partial charge on any atom is -0.479 e. The van der Waals surface area contributed by atoms with Crippen LogP contribution in [0.15, 0.2) is 24.3 Å². The first-order valence-corrected chi connectivity index (χ1v) is 7.01. The van der Waals surface area contributed by atoms with Crippen LogP contribution in [0.1, 0.15) is 23.6 Å². The lowest BCUT2D eigenvalue weighted by Crippen LogP contribution is -2.33. The summed E-state index contributed by atoms with van der Waals surface area (Å²) in [5.74, 6) is -0.595. The normalized spacial score (nSPS) is 11.9. The van der Waals surface area contributed by atoms with Crippen LogP contribution >= 0.6 is 11.8 Å². The number of carbonyl (C=O) groups is 2. The number of carbonyl (C=O) groups excluding carboxylic acids is 1. The van der Waals surface area contributed by atoms with Crippen molar-refractivity contribution in [3.63, 3.8) is 0 Å². The monoisotopic (exact) mass is 267 g/mol. The Morgan fingerprint density at radius 1 is 1.44 bits per heavy atom. The fourth-order valence-electron chi connectivity index (χ4n) is 1.57. The molecule has 0 aliphatic heterocycles. The van der Waals surface area contributed by atoms with Gasteiger partial charge in [0.1, 0.15) is 0 Å². The van der Waals surface area contributed by atoms with Crippen LogP contribution in [0.25, 0.3) is 0 Å². The van der Waals surface area contributed by atoms with Crippen LogP contribution in [-0.2, 0) is 9.59 Å². The molecule has 1 aromatic rings. The number of hydrogen-bond donors (Lipinski definition) is 2. The summed E-state index contributed by atoms with van der Waals surface area (Å²) in [6, 6.07) is 6.18. The number of nitrogens with one attached hydrogen (secondary N) is 1. The number of thioether (sulfide) groups is 1. The highest BCUT2D eigenvalue weighted by molar-refractivity contribution is 7.98. The molecular weight excluding hydrogens is 250 g/mol. The molecule has 1 unspecified atom stereocenters. The molecular formula is C13H17NO3S. The second-order valence-electron chi connectivity index (χ2n) is 4.00. The Labute approximate surface area is 111 Å². The fourth-order valence-corrected chi connectivity index (χ4v) is 1.95. The van der Waals surface area contributed by atoms with E-state index in [2.05, 4.69) is 5.32 Å². The summed E-state index contributed by atoms with van der Waals surface area (Å²) < 4.78 is 0. The Morgan fingerprint density at radius 3 is 2.72 bits per heavy atom. The van der Waals surface area contributed by atoms with Gasteiger partial charge in [0.2, 0.25) is 5.91 Å². The number of aliphatic carboxylic acids is 1. The van der Waals surface area contributed by atoms with E-state index in [1.165, 1.54) is 0 Å². The average Bonchev–Trinajstić information content (AvgIpc) is 2.33. The van der Waals surface area contributed by atoms with Gasteiger partial charge in [-0.1, -0.05) is 29.8 Å². The van der Waals surface area contributed by atoms with Crippen LogP contribution in [0.5, 0.6) is 0 Å². The van der Waals surface area contributed by atoms with E-state index in [4.69, 9.17) is 0 Å². The second kappa shape index (κ2) is 7.06. The number of carboxylic acid groups (broad SMARTS) is 1. The molecule has 0 fully saturated rings. The van der Waals surface area contributed by atoms with E-state index >= 15 is 0 Å². The Balaban J connectivity index is 2.77. The largest absolute Gasteiger partial charge is 0.479 e. The number of carboxylic acids is 1. The van der Waals surface area contributed by atoms with Gasteiger partial charge < -0.3 is 10.4 Å². The van der Waals surface area contributed by atoms with Crippen LogP contribution in [0, 0.1) is 6.92 Å². The van der Waals surface area contributed by atoms with Crippen LogP contribution in [0.4, 0.5) is 0 Å². The van der Waals surface area contributed by atoms with E-state index in [9.17, 15) is 14.7 Å². The van der Waals surface area contributed by atoms with Crippen molar-refractivity contribution < 1.29 is 14.7 Å². The van der Waals surface area contributed by atoms with E-state index < -0.39 is 12.0 Å². The molecule has 1 atom stereocenters. The van der Waals surface area contributed by atoms with Crippen molar-refractivity contribution in [2.45, 2.75) is 19.4 Å². The van der Waals surface area contributed by atoms with Gasteiger partial charge in [-0.3, -0.25) is 4.79 Å². The molecule has 18 heavy (non-hydrogen) atoms. The number of amides is 1. The first-order chi connectivity index (χ1) is 8.54. The summed E-state index contributed by atoms with van der Waals surface area (Å²) in [7, 11) is 0. The van der Waals surface area contributed by atoms with E-state index in [0.29, 0.717) is 17.7 Å². The van der Waals surface area contributed by atoms with Crippen molar-refractivity contribution in [2.75, 3.05) is 12.0 Å². The number of rotatable bonds is 6. The number of hydrogen-bond acceptors (Lipinski definition) is 3.